The van der Waals surface area contributed by atoms with Crippen molar-refractivity contribution in [2.45, 2.75) is 56.3 Å². The van der Waals surface area contributed by atoms with Crippen molar-refractivity contribution in [3.8, 4) is 5.69 Å². The van der Waals surface area contributed by atoms with Gasteiger partial charge in [-0.05, 0) is 71.1 Å². The minimum absolute atomic E-state index is 0.120. The fourth-order valence-electron chi connectivity index (χ4n) is 2.57. The highest BCUT2D eigenvalue weighted by Crippen LogP contribution is 2.29. The zero-order valence-corrected chi connectivity index (χ0v) is 18.1. The lowest BCUT2D eigenvalue weighted by atomic mass is 10.2. The molecule has 0 aliphatic rings. The zero-order chi connectivity index (χ0) is 18.7. The standard InChI is InChI=1S/C17H22ClN3OS3/c1-10(2)20(11(3)4)15(22)12(5)24-16-19-21(17(23)25-16)14-8-6-13(18)7-9-14/h6-12H,1-5H3/t12-/m1/s1. The minimum Gasteiger partial charge on any atom is -0.337 e. The van der Waals surface area contributed by atoms with Gasteiger partial charge >= 0.3 is 0 Å². The van der Waals surface area contributed by atoms with Gasteiger partial charge in [0.1, 0.15) is 0 Å². The predicted octanol–water partition coefficient (Wildman–Crippen LogP) is 5.44. The van der Waals surface area contributed by atoms with Gasteiger partial charge < -0.3 is 4.90 Å². The Morgan fingerprint density at radius 2 is 1.76 bits per heavy atom. The molecule has 0 radical (unpaired) electrons. The Kier molecular flexibility index (Phi) is 7.08. The van der Waals surface area contributed by atoms with Crippen LogP contribution in [0, 0.1) is 3.95 Å². The second-order valence-electron chi connectivity index (χ2n) is 6.22. The molecule has 4 nitrogen and oxygen atoms in total. The van der Waals surface area contributed by atoms with E-state index in [0.717, 1.165) is 10.0 Å². The molecule has 1 heterocycles. The van der Waals surface area contributed by atoms with Crippen LogP contribution in [0.15, 0.2) is 28.6 Å². The van der Waals surface area contributed by atoms with Crippen LogP contribution >= 0.6 is 46.9 Å². The molecule has 1 aromatic heterocycles. The monoisotopic (exact) mass is 415 g/mol. The Morgan fingerprint density at radius 1 is 1.20 bits per heavy atom. The average Bonchev–Trinajstić information content (AvgIpc) is 2.87. The SMILES string of the molecule is CC(C)N(C(=O)[C@@H](C)Sc1nn(-c2ccc(Cl)cc2)c(=S)s1)C(C)C. The molecule has 136 valence electrons. The van der Waals surface area contributed by atoms with Crippen LogP contribution < -0.4 is 0 Å². The summed E-state index contributed by atoms with van der Waals surface area (Å²) >= 11 is 14.2. The van der Waals surface area contributed by atoms with E-state index < -0.39 is 0 Å². The van der Waals surface area contributed by atoms with Crippen LogP contribution in [-0.4, -0.2) is 37.9 Å². The Bertz CT molecular complexity index is 775. The fraction of sp³-hybridized carbons (Fsp3) is 0.471. The Hall–Kier alpha value is -0.890. The second-order valence-corrected chi connectivity index (χ2v) is 9.86. The first kappa shape index (κ1) is 20.4. The van der Waals surface area contributed by atoms with Gasteiger partial charge in [-0.25, -0.2) is 4.68 Å². The summed E-state index contributed by atoms with van der Waals surface area (Å²) in [5, 5.41) is 5.01. The summed E-state index contributed by atoms with van der Waals surface area (Å²) in [7, 11) is 0. The largest absolute Gasteiger partial charge is 0.337 e. The van der Waals surface area contributed by atoms with Crippen molar-refractivity contribution >= 4 is 52.8 Å². The van der Waals surface area contributed by atoms with Crippen LogP contribution in [0.1, 0.15) is 34.6 Å². The molecule has 1 aromatic carbocycles. The van der Waals surface area contributed by atoms with Crippen molar-refractivity contribution in [2.75, 3.05) is 0 Å². The molecule has 0 saturated heterocycles. The molecular weight excluding hydrogens is 394 g/mol. The number of thioether (sulfide) groups is 1. The number of amides is 1. The van der Waals surface area contributed by atoms with Crippen LogP contribution in [-0.2, 0) is 4.79 Å². The van der Waals surface area contributed by atoms with E-state index >= 15 is 0 Å². The summed E-state index contributed by atoms with van der Waals surface area (Å²) in [6, 6.07) is 7.70. The molecule has 0 aliphatic heterocycles. The number of halogens is 1. The summed E-state index contributed by atoms with van der Waals surface area (Å²) in [5.41, 5.74) is 0.863. The molecule has 1 atom stereocenters. The van der Waals surface area contributed by atoms with E-state index in [1.807, 2.05) is 51.7 Å². The molecule has 25 heavy (non-hydrogen) atoms. The first-order valence-electron chi connectivity index (χ1n) is 8.05. The van der Waals surface area contributed by atoms with Crippen LogP contribution in [0.5, 0.6) is 0 Å². The van der Waals surface area contributed by atoms with Crippen molar-refractivity contribution in [3.63, 3.8) is 0 Å². The number of benzene rings is 1. The molecule has 0 bridgehead atoms. The molecule has 0 spiro atoms. The first-order chi connectivity index (χ1) is 11.7. The summed E-state index contributed by atoms with van der Waals surface area (Å²) in [6.07, 6.45) is 0. The van der Waals surface area contributed by atoms with Crippen LogP contribution in [0.2, 0.25) is 5.02 Å². The molecule has 2 rings (SSSR count). The Morgan fingerprint density at radius 3 is 2.28 bits per heavy atom. The third-order valence-electron chi connectivity index (χ3n) is 3.59. The fourth-order valence-corrected chi connectivity index (χ4v) is 5.26. The van der Waals surface area contributed by atoms with Gasteiger partial charge in [0, 0.05) is 17.1 Å². The minimum atomic E-state index is -0.219. The van der Waals surface area contributed by atoms with E-state index in [-0.39, 0.29) is 23.2 Å². The van der Waals surface area contributed by atoms with Gasteiger partial charge in [-0.1, -0.05) is 34.7 Å². The molecule has 0 aliphatic carbocycles. The molecule has 0 unspecified atom stereocenters. The Balaban J connectivity index is 2.18. The van der Waals surface area contributed by atoms with Crippen molar-refractivity contribution in [1.29, 1.82) is 0 Å². The maximum atomic E-state index is 12.8. The lowest BCUT2D eigenvalue weighted by molar-refractivity contribution is -0.133. The van der Waals surface area contributed by atoms with E-state index in [1.54, 1.807) is 16.8 Å². The normalized spacial score (nSPS) is 12.6. The highest BCUT2D eigenvalue weighted by atomic mass is 35.5. The highest BCUT2D eigenvalue weighted by Gasteiger charge is 2.26. The van der Waals surface area contributed by atoms with Gasteiger partial charge in [-0.2, -0.15) is 0 Å². The van der Waals surface area contributed by atoms with E-state index in [1.165, 1.54) is 23.1 Å². The predicted molar refractivity (Wildman–Crippen MR) is 110 cm³/mol. The van der Waals surface area contributed by atoms with Crippen LogP contribution in [0.4, 0.5) is 0 Å². The van der Waals surface area contributed by atoms with Crippen molar-refractivity contribution < 1.29 is 4.79 Å². The van der Waals surface area contributed by atoms with Gasteiger partial charge in [0.2, 0.25) is 5.91 Å². The third kappa shape index (κ3) is 5.06. The maximum absolute atomic E-state index is 12.8. The molecule has 1 amide bonds. The average molecular weight is 416 g/mol. The van der Waals surface area contributed by atoms with Crippen molar-refractivity contribution in [2.24, 2.45) is 0 Å². The molecular formula is C17H22ClN3OS3. The topological polar surface area (TPSA) is 38.1 Å². The van der Waals surface area contributed by atoms with E-state index in [0.29, 0.717) is 8.98 Å². The van der Waals surface area contributed by atoms with Crippen LogP contribution in [0.3, 0.4) is 0 Å². The quantitative estimate of drug-likeness (QED) is 0.464. The maximum Gasteiger partial charge on any atom is 0.236 e. The number of hydrogen-bond acceptors (Lipinski definition) is 5. The zero-order valence-electron chi connectivity index (χ0n) is 14.9. The third-order valence-corrected chi connectivity index (χ3v) is 6.25. The van der Waals surface area contributed by atoms with E-state index in [9.17, 15) is 4.79 Å². The van der Waals surface area contributed by atoms with Crippen molar-refractivity contribution in [3.05, 3.63) is 33.2 Å². The Labute approximate surface area is 167 Å². The summed E-state index contributed by atoms with van der Waals surface area (Å²) in [5.74, 6) is 0.120. The summed E-state index contributed by atoms with van der Waals surface area (Å²) in [4.78, 5) is 14.7. The molecule has 0 N–H and O–H groups in total. The van der Waals surface area contributed by atoms with Crippen LogP contribution in [0.25, 0.3) is 5.69 Å². The van der Waals surface area contributed by atoms with Crippen molar-refractivity contribution in [1.82, 2.24) is 14.7 Å². The van der Waals surface area contributed by atoms with Gasteiger partial charge in [-0.15, -0.1) is 5.10 Å². The summed E-state index contributed by atoms with van der Waals surface area (Å²) in [6.45, 7) is 10.1. The van der Waals surface area contributed by atoms with Gasteiger partial charge in [0.25, 0.3) is 0 Å². The molecule has 0 fully saturated rings. The lowest BCUT2D eigenvalue weighted by Gasteiger charge is -2.32. The van der Waals surface area contributed by atoms with E-state index in [2.05, 4.69) is 5.10 Å². The molecule has 0 saturated carbocycles. The number of carbonyl (C=O) groups excluding carboxylic acids is 1. The summed E-state index contributed by atoms with van der Waals surface area (Å²) < 4.78 is 3.14. The van der Waals surface area contributed by atoms with Gasteiger partial charge in [0.15, 0.2) is 8.29 Å². The smallest absolute Gasteiger partial charge is 0.236 e. The van der Waals surface area contributed by atoms with Gasteiger partial charge in [0.05, 0.1) is 10.9 Å². The number of carbonyl (C=O) groups is 1. The number of rotatable bonds is 6. The lowest BCUT2D eigenvalue weighted by Crippen LogP contribution is -2.45. The second kappa shape index (κ2) is 8.66. The molecule has 8 heteroatoms. The number of aromatic nitrogens is 2. The van der Waals surface area contributed by atoms with Gasteiger partial charge in [-0.3, -0.25) is 4.79 Å². The number of nitrogens with zero attached hydrogens (tertiary/aromatic N) is 3. The number of hydrogen-bond donors (Lipinski definition) is 0. The van der Waals surface area contributed by atoms with E-state index in [4.69, 9.17) is 23.8 Å². The molecule has 2 aromatic rings. The highest BCUT2D eigenvalue weighted by molar-refractivity contribution is 8.02. The first-order valence-corrected chi connectivity index (χ1v) is 10.5.